The van der Waals surface area contributed by atoms with Crippen molar-refractivity contribution in [2.24, 2.45) is 0 Å². The van der Waals surface area contributed by atoms with Crippen LogP contribution in [0.25, 0.3) is 0 Å². The number of aliphatic hydroxyl groups excluding tert-OH is 3. The van der Waals surface area contributed by atoms with Gasteiger partial charge in [-0.2, -0.15) is 12.6 Å². The second-order valence-corrected chi connectivity index (χ2v) is 4.35. The fourth-order valence-electron chi connectivity index (χ4n) is 0.791. The Morgan fingerprint density at radius 1 is 1.20 bits per heavy atom. The normalized spacial score (nSPS) is 49.2. The largest absolute Gasteiger partial charge is 0.389 e. The van der Waals surface area contributed by atoms with Gasteiger partial charge in [0.15, 0.2) is 0 Å². The van der Waals surface area contributed by atoms with E-state index in [4.69, 9.17) is 15.3 Å². The summed E-state index contributed by atoms with van der Waals surface area (Å²) in [6.07, 6.45) is -2.77. The Morgan fingerprint density at radius 2 is 1.80 bits per heavy atom. The number of thiol groups is 1. The Morgan fingerprint density at radius 3 is 2.30 bits per heavy atom. The minimum absolute atomic E-state index is 0.279. The van der Waals surface area contributed by atoms with E-state index in [2.05, 4.69) is 12.6 Å². The van der Waals surface area contributed by atoms with E-state index in [1.54, 1.807) is 0 Å². The van der Waals surface area contributed by atoms with E-state index >= 15 is 0 Å². The average Bonchev–Trinajstić information content (AvgIpc) is 1.93. The third kappa shape index (κ3) is 1.60. The lowest BCUT2D eigenvalue weighted by atomic mass is 10.1. The molecule has 0 bridgehead atoms. The maximum Gasteiger partial charge on any atom is 0.108 e. The van der Waals surface area contributed by atoms with E-state index in [-0.39, 0.29) is 4.58 Å². The molecule has 1 heterocycles. The first kappa shape index (κ1) is 8.67. The molecule has 60 valence electrons. The molecule has 10 heavy (non-hydrogen) atoms. The summed E-state index contributed by atoms with van der Waals surface area (Å²) in [6, 6.07) is 0. The highest BCUT2D eigenvalue weighted by atomic mass is 32.2. The molecule has 0 aromatic carbocycles. The molecule has 0 radical (unpaired) electrons. The van der Waals surface area contributed by atoms with Crippen LogP contribution in [0, 0.1) is 0 Å². The van der Waals surface area contributed by atoms with Crippen LogP contribution in [0.1, 0.15) is 0 Å². The van der Waals surface area contributed by atoms with E-state index in [9.17, 15) is 0 Å². The van der Waals surface area contributed by atoms with E-state index in [1.165, 1.54) is 11.8 Å². The molecule has 5 heteroatoms. The summed E-state index contributed by atoms with van der Waals surface area (Å²) in [5.74, 6) is 0.437. The van der Waals surface area contributed by atoms with Crippen molar-refractivity contribution in [1.29, 1.82) is 0 Å². The van der Waals surface area contributed by atoms with E-state index in [0.29, 0.717) is 5.75 Å². The third-order valence-corrected chi connectivity index (χ3v) is 3.38. The first-order valence-electron chi connectivity index (χ1n) is 2.97. The van der Waals surface area contributed by atoms with Gasteiger partial charge in [-0.15, -0.1) is 11.8 Å². The van der Waals surface area contributed by atoms with Gasteiger partial charge in [0.05, 0.1) is 10.7 Å². The second-order valence-electron chi connectivity index (χ2n) is 2.27. The van der Waals surface area contributed by atoms with E-state index < -0.39 is 18.3 Å². The number of rotatable bonds is 0. The van der Waals surface area contributed by atoms with E-state index in [1.807, 2.05) is 0 Å². The molecule has 0 aromatic rings. The second kappa shape index (κ2) is 3.32. The molecule has 1 aliphatic rings. The molecule has 0 saturated carbocycles. The predicted molar refractivity (Wildman–Crippen MR) is 43.3 cm³/mol. The zero-order valence-electron chi connectivity index (χ0n) is 5.21. The van der Waals surface area contributed by atoms with Gasteiger partial charge < -0.3 is 15.3 Å². The standard InChI is InChI=1S/C5H10O3S2/c6-2-1-10-5(9)4(8)3(2)7/h2-9H,1H2/t2-,3+,4-,5-/m1/s1. The van der Waals surface area contributed by atoms with Crippen LogP contribution >= 0.6 is 24.4 Å². The van der Waals surface area contributed by atoms with Gasteiger partial charge in [-0.1, -0.05) is 0 Å². The van der Waals surface area contributed by atoms with Crippen LogP contribution in [-0.4, -0.2) is 44.0 Å². The zero-order chi connectivity index (χ0) is 7.72. The molecule has 0 unspecified atom stereocenters. The van der Waals surface area contributed by atoms with E-state index in [0.717, 1.165) is 0 Å². The Bertz CT molecular complexity index is 107. The highest BCUT2D eigenvalue weighted by molar-refractivity contribution is 8.10. The Balaban J connectivity index is 2.52. The van der Waals surface area contributed by atoms with Gasteiger partial charge in [0, 0.05) is 5.75 Å². The number of hydrogen-bond donors (Lipinski definition) is 4. The van der Waals surface area contributed by atoms with Crippen LogP contribution in [0.4, 0.5) is 0 Å². The van der Waals surface area contributed by atoms with Gasteiger partial charge in [-0.25, -0.2) is 0 Å². The molecule has 4 atom stereocenters. The molecular weight excluding hydrogens is 172 g/mol. The summed E-state index contributed by atoms with van der Waals surface area (Å²) in [5.41, 5.74) is 0. The molecule has 0 aliphatic carbocycles. The fraction of sp³-hybridized carbons (Fsp3) is 1.00. The summed E-state index contributed by atoms with van der Waals surface area (Å²) in [4.78, 5) is 0. The van der Waals surface area contributed by atoms with Gasteiger partial charge in [0.2, 0.25) is 0 Å². The van der Waals surface area contributed by atoms with Crippen molar-refractivity contribution in [3.05, 3.63) is 0 Å². The molecule has 1 aliphatic heterocycles. The molecule has 0 aromatic heterocycles. The molecule has 0 spiro atoms. The minimum atomic E-state index is -1.04. The van der Waals surface area contributed by atoms with Crippen molar-refractivity contribution in [2.45, 2.75) is 22.9 Å². The number of hydrogen-bond acceptors (Lipinski definition) is 5. The molecular formula is C5H10O3S2. The summed E-state index contributed by atoms with van der Waals surface area (Å²) < 4.78 is -0.279. The number of thioether (sulfide) groups is 1. The maximum atomic E-state index is 9.11. The summed E-state index contributed by atoms with van der Waals surface area (Å²) in [7, 11) is 0. The van der Waals surface area contributed by atoms with Crippen LogP contribution in [0.15, 0.2) is 0 Å². The highest BCUT2D eigenvalue weighted by Crippen LogP contribution is 2.28. The minimum Gasteiger partial charge on any atom is -0.389 e. The van der Waals surface area contributed by atoms with Crippen LogP contribution in [0.5, 0.6) is 0 Å². The topological polar surface area (TPSA) is 60.7 Å². The quantitative estimate of drug-likeness (QED) is 0.366. The molecule has 3 N–H and O–H groups in total. The van der Waals surface area contributed by atoms with Gasteiger partial charge >= 0.3 is 0 Å². The van der Waals surface area contributed by atoms with Crippen molar-refractivity contribution in [1.82, 2.24) is 0 Å². The zero-order valence-corrected chi connectivity index (χ0v) is 6.92. The van der Waals surface area contributed by atoms with Gasteiger partial charge in [-0.05, 0) is 0 Å². The Kier molecular flexibility index (Phi) is 2.88. The molecule has 3 nitrogen and oxygen atoms in total. The lowest BCUT2D eigenvalue weighted by molar-refractivity contribution is -0.0472. The fourth-order valence-corrected chi connectivity index (χ4v) is 2.17. The first-order chi connectivity index (χ1) is 4.63. The number of aliphatic hydroxyl groups is 3. The van der Waals surface area contributed by atoms with Gasteiger partial charge in [0.1, 0.15) is 12.2 Å². The lowest BCUT2D eigenvalue weighted by Crippen LogP contribution is -2.47. The average molecular weight is 182 g/mol. The van der Waals surface area contributed by atoms with Crippen molar-refractivity contribution < 1.29 is 15.3 Å². The predicted octanol–water partition coefficient (Wildman–Crippen LogP) is -0.928. The highest BCUT2D eigenvalue weighted by Gasteiger charge is 2.34. The SMILES string of the molecule is O[C@@H]1[C@@H](O)[C@H](S)SC[C@H]1O. The van der Waals surface area contributed by atoms with Gasteiger partial charge in [-0.3, -0.25) is 0 Å². The smallest absolute Gasteiger partial charge is 0.108 e. The Labute approximate surface area is 68.9 Å². The lowest BCUT2D eigenvalue weighted by Gasteiger charge is -2.31. The van der Waals surface area contributed by atoms with Crippen LogP contribution in [-0.2, 0) is 0 Å². The molecule has 0 amide bonds. The molecule has 1 rings (SSSR count). The van der Waals surface area contributed by atoms with Crippen molar-refractivity contribution in [2.75, 3.05) is 5.75 Å². The third-order valence-electron chi connectivity index (χ3n) is 1.47. The summed E-state index contributed by atoms with van der Waals surface area (Å²) in [5, 5.41) is 27.2. The summed E-state index contributed by atoms with van der Waals surface area (Å²) in [6.45, 7) is 0. The first-order valence-corrected chi connectivity index (χ1v) is 4.53. The van der Waals surface area contributed by atoms with Crippen LogP contribution in [0.3, 0.4) is 0 Å². The molecule has 1 saturated heterocycles. The maximum absolute atomic E-state index is 9.11. The van der Waals surface area contributed by atoms with Crippen LogP contribution < -0.4 is 0 Å². The van der Waals surface area contributed by atoms with Crippen molar-refractivity contribution >= 4 is 24.4 Å². The van der Waals surface area contributed by atoms with Crippen molar-refractivity contribution in [3.8, 4) is 0 Å². The Hall–Kier alpha value is 0.580. The van der Waals surface area contributed by atoms with Crippen LogP contribution in [0.2, 0.25) is 0 Å². The monoisotopic (exact) mass is 182 g/mol. The molecule has 1 fully saturated rings. The summed E-state index contributed by atoms with van der Waals surface area (Å²) >= 11 is 5.34. The van der Waals surface area contributed by atoms with Gasteiger partial charge in [0.25, 0.3) is 0 Å². The van der Waals surface area contributed by atoms with Crippen molar-refractivity contribution in [3.63, 3.8) is 0 Å².